The van der Waals surface area contributed by atoms with Gasteiger partial charge in [0.1, 0.15) is 11.9 Å². The lowest BCUT2D eigenvalue weighted by Crippen LogP contribution is -2.55. The standard InChI is InChI=1S/C31H41N5O4/c1-20-28(33-30(38)32-25-23-13-9-10-14-24(23)31(2,3)27(39-5)26(25)37)36(22-11-7-6-8-12-22)34-29(20)40-19-21-15-17-35(4)18-16-21/h6-14,21,25-27,37H,15-19H2,1-5H3,(H2,32,33,38)/t25-,26+,27+/m1/s1. The highest BCUT2D eigenvalue weighted by Gasteiger charge is 2.47. The molecule has 2 aliphatic rings. The molecule has 5 rings (SSSR count). The third kappa shape index (κ3) is 5.46. The van der Waals surface area contributed by atoms with Crippen LogP contribution in [-0.2, 0) is 10.2 Å². The van der Waals surface area contributed by atoms with E-state index in [1.807, 2.05) is 75.4 Å². The number of hydrogen-bond acceptors (Lipinski definition) is 6. The Morgan fingerprint density at radius 3 is 2.48 bits per heavy atom. The van der Waals surface area contributed by atoms with E-state index in [1.165, 1.54) is 0 Å². The van der Waals surface area contributed by atoms with Gasteiger partial charge in [0.15, 0.2) is 0 Å². The number of fused-ring (bicyclic) bond motifs is 1. The first kappa shape index (κ1) is 28.1. The predicted octanol–water partition coefficient (Wildman–Crippen LogP) is 4.43. The first-order chi connectivity index (χ1) is 19.2. The number of rotatable bonds is 7. The van der Waals surface area contributed by atoms with Crippen LogP contribution in [0.4, 0.5) is 10.6 Å². The average Bonchev–Trinajstić information content (AvgIpc) is 3.26. The first-order valence-corrected chi connectivity index (χ1v) is 14.0. The number of hydrogen-bond donors (Lipinski definition) is 3. The van der Waals surface area contributed by atoms with Gasteiger partial charge in [0.25, 0.3) is 0 Å². The van der Waals surface area contributed by atoms with Crippen molar-refractivity contribution in [2.45, 2.75) is 57.3 Å². The highest BCUT2D eigenvalue weighted by molar-refractivity contribution is 5.90. The van der Waals surface area contributed by atoms with E-state index in [0.717, 1.165) is 48.3 Å². The van der Waals surface area contributed by atoms with Crippen LogP contribution in [-0.4, -0.2) is 71.9 Å². The topological polar surface area (TPSA) is 101 Å². The smallest absolute Gasteiger partial charge is 0.320 e. The molecule has 1 aliphatic heterocycles. The molecule has 9 heteroatoms. The summed E-state index contributed by atoms with van der Waals surface area (Å²) in [6, 6.07) is 16.4. The highest BCUT2D eigenvalue weighted by Crippen LogP contribution is 2.43. The third-order valence-corrected chi connectivity index (χ3v) is 8.50. The highest BCUT2D eigenvalue weighted by atomic mass is 16.5. The number of anilines is 1. The van der Waals surface area contributed by atoms with Crippen LogP contribution in [0.1, 0.15) is 49.4 Å². The fourth-order valence-electron chi connectivity index (χ4n) is 6.12. The summed E-state index contributed by atoms with van der Waals surface area (Å²) in [4.78, 5) is 15.8. The molecule has 2 amide bonds. The summed E-state index contributed by atoms with van der Waals surface area (Å²) < 4.78 is 13.7. The maximum absolute atomic E-state index is 13.5. The summed E-state index contributed by atoms with van der Waals surface area (Å²) in [7, 11) is 3.74. The monoisotopic (exact) mass is 547 g/mol. The Morgan fingerprint density at radius 1 is 1.10 bits per heavy atom. The molecular weight excluding hydrogens is 506 g/mol. The van der Waals surface area contributed by atoms with Crippen LogP contribution in [0.25, 0.3) is 5.69 Å². The first-order valence-electron chi connectivity index (χ1n) is 14.0. The number of urea groups is 1. The number of methoxy groups -OCH3 is 1. The number of aliphatic hydroxyl groups is 1. The quantitative estimate of drug-likeness (QED) is 0.405. The zero-order chi connectivity index (χ0) is 28.4. The van der Waals surface area contributed by atoms with Crippen molar-refractivity contribution in [1.82, 2.24) is 20.0 Å². The summed E-state index contributed by atoms with van der Waals surface area (Å²) in [5.41, 5.74) is 3.03. The zero-order valence-corrected chi connectivity index (χ0v) is 24.1. The molecule has 1 aliphatic carbocycles. The summed E-state index contributed by atoms with van der Waals surface area (Å²) in [6.45, 7) is 8.72. The SMILES string of the molecule is CO[C@H]1[C@@H](O)[C@H](NC(=O)Nc2c(C)c(OCC3CCN(C)CC3)nn2-c2ccccc2)c2ccccc2C1(C)C. The Labute approximate surface area is 236 Å². The summed E-state index contributed by atoms with van der Waals surface area (Å²) >= 11 is 0. The van der Waals surface area contributed by atoms with Crippen molar-refractivity contribution >= 4 is 11.8 Å². The van der Waals surface area contributed by atoms with Gasteiger partial charge in [-0.2, -0.15) is 0 Å². The van der Waals surface area contributed by atoms with E-state index in [2.05, 4.69) is 22.6 Å². The number of ether oxygens (including phenoxy) is 2. The van der Waals surface area contributed by atoms with E-state index in [1.54, 1.807) is 11.8 Å². The van der Waals surface area contributed by atoms with Crippen molar-refractivity contribution in [3.63, 3.8) is 0 Å². The van der Waals surface area contributed by atoms with Gasteiger partial charge in [0.05, 0.1) is 30.0 Å². The molecule has 214 valence electrons. The van der Waals surface area contributed by atoms with Crippen molar-refractivity contribution in [2.24, 2.45) is 5.92 Å². The zero-order valence-electron chi connectivity index (χ0n) is 24.1. The van der Waals surface area contributed by atoms with Crippen LogP contribution in [0.2, 0.25) is 0 Å². The van der Waals surface area contributed by atoms with Gasteiger partial charge in [-0.05, 0) is 69.1 Å². The fourth-order valence-corrected chi connectivity index (χ4v) is 6.12. The number of benzene rings is 2. The number of piperidine rings is 1. The normalized spacial score (nSPS) is 22.9. The van der Waals surface area contributed by atoms with Gasteiger partial charge in [-0.1, -0.05) is 56.3 Å². The lowest BCUT2D eigenvalue weighted by atomic mass is 9.67. The van der Waals surface area contributed by atoms with Gasteiger partial charge in [-0.3, -0.25) is 5.32 Å². The van der Waals surface area contributed by atoms with Gasteiger partial charge in [-0.15, -0.1) is 5.10 Å². The van der Waals surface area contributed by atoms with Crippen LogP contribution in [0.15, 0.2) is 54.6 Å². The lowest BCUT2D eigenvalue weighted by molar-refractivity contribution is -0.0730. The number of carbonyl (C=O) groups is 1. The summed E-state index contributed by atoms with van der Waals surface area (Å²) in [5.74, 6) is 1.50. The molecule has 0 bridgehead atoms. The predicted molar refractivity (Wildman–Crippen MR) is 155 cm³/mol. The Hall–Kier alpha value is -3.40. The van der Waals surface area contributed by atoms with E-state index in [9.17, 15) is 9.90 Å². The molecule has 3 aromatic rings. The van der Waals surface area contributed by atoms with E-state index in [4.69, 9.17) is 14.6 Å². The van der Waals surface area contributed by atoms with Crippen LogP contribution in [0.5, 0.6) is 5.88 Å². The molecule has 2 heterocycles. The second-order valence-corrected chi connectivity index (χ2v) is 11.6. The number of aliphatic hydroxyl groups excluding tert-OH is 1. The molecule has 1 aromatic heterocycles. The molecule has 3 atom stereocenters. The molecule has 1 fully saturated rings. The Bertz CT molecular complexity index is 1320. The molecule has 40 heavy (non-hydrogen) atoms. The minimum Gasteiger partial charge on any atom is -0.476 e. The summed E-state index contributed by atoms with van der Waals surface area (Å²) in [5, 5.41) is 22.1. The Morgan fingerprint density at radius 2 is 1.77 bits per heavy atom. The number of nitrogens with zero attached hydrogens (tertiary/aromatic N) is 3. The molecule has 1 saturated heterocycles. The molecule has 9 nitrogen and oxygen atoms in total. The minimum atomic E-state index is -0.936. The van der Waals surface area contributed by atoms with Crippen molar-refractivity contribution in [3.8, 4) is 11.6 Å². The number of nitrogens with one attached hydrogen (secondary N) is 2. The van der Waals surface area contributed by atoms with Crippen molar-refractivity contribution in [3.05, 3.63) is 71.3 Å². The van der Waals surface area contributed by atoms with Gasteiger partial charge in [0, 0.05) is 12.5 Å². The van der Waals surface area contributed by atoms with E-state index in [0.29, 0.717) is 24.2 Å². The van der Waals surface area contributed by atoms with Crippen LogP contribution < -0.4 is 15.4 Å². The third-order valence-electron chi connectivity index (χ3n) is 8.50. The van der Waals surface area contributed by atoms with E-state index >= 15 is 0 Å². The lowest BCUT2D eigenvalue weighted by Gasteiger charge is -2.46. The molecule has 0 spiro atoms. The number of para-hydroxylation sites is 1. The number of carbonyl (C=O) groups excluding carboxylic acids is 1. The van der Waals surface area contributed by atoms with Gasteiger partial charge in [-0.25, -0.2) is 9.48 Å². The van der Waals surface area contributed by atoms with Crippen molar-refractivity contribution in [2.75, 3.05) is 39.2 Å². The molecule has 3 N–H and O–H groups in total. The van der Waals surface area contributed by atoms with Gasteiger partial charge < -0.3 is 24.8 Å². The van der Waals surface area contributed by atoms with Gasteiger partial charge in [0.2, 0.25) is 5.88 Å². The maximum Gasteiger partial charge on any atom is 0.320 e. The fraction of sp³-hybridized carbons (Fsp3) is 0.484. The van der Waals surface area contributed by atoms with E-state index < -0.39 is 29.7 Å². The number of aromatic nitrogens is 2. The second kappa shape index (κ2) is 11.6. The largest absolute Gasteiger partial charge is 0.476 e. The van der Waals surface area contributed by atoms with E-state index in [-0.39, 0.29) is 0 Å². The molecule has 2 aromatic carbocycles. The molecular formula is C31H41N5O4. The second-order valence-electron chi connectivity index (χ2n) is 11.6. The Balaban J connectivity index is 1.39. The van der Waals surface area contributed by atoms with Crippen LogP contribution >= 0.6 is 0 Å². The van der Waals surface area contributed by atoms with Gasteiger partial charge >= 0.3 is 6.03 Å². The van der Waals surface area contributed by atoms with Crippen LogP contribution in [0, 0.1) is 12.8 Å². The van der Waals surface area contributed by atoms with Crippen molar-refractivity contribution < 1.29 is 19.4 Å². The average molecular weight is 548 g/mol. The summed E-state index contributed by atoms with van der Waals surface area (Å²) in [6.07, 6.45) is 0.748. The molecule has 0 radical (unpaired) electrons. The van der Waals surface area contributed by atoms with Crippen LogP contribution in [0.3, 0.4) is 0 Å². The number of likely N-dealkylation sites (tertiary alicyclic amines) is 1. The van der Waals surface area contributed by atoms with Crippen molar-refractivity contribution in [1.29, 1.82) is 0 Å². The Kier molecular flexibility index (Phi) is 8.16. The molecule has 0 unspecified atom stereocenters. The maximum atomic E-state index is 13.5. The molecule has 0 saturated carbocycles. The number of amides is 2. The minimum absolute atomic E-state index is 0.429.